The van der Waals surface area contributed by atoms with Gasteiger partial charge < -0.3 is 9.05 Å². The van der Waals surface area contributed by atoms with Gasteiger partial charge in [0.1, 0.15) is 11.5 Å². The van der Waals surface area contributed by atoms with Gasteiger partial charge in [0.2, 0.25) is 0 Å². The van der Waals surface area contributed by atoms with Crippen LogP contribution < -0.4 is 9.05 Å². The molecule has 0 radical (unpaired) electrons. The van der Waals surface area contributed by atoms with Gasteiger partial charge in [0.05, 0.1) is 25.4 Å². The summed E-state index contributed by atoms with van der Waals surface area (Å²) in [7, 11) is -8.26. The number of aromatic nitrogens is 2. The van der Waals surface area contributed by atoms with E-state index >= 15 is 0 Å². The van der Waals surface area contributed by atoms with Gasteiger partial charge in [0.15, 0.2) is 0 Å². The number of aryl methyl sites for hydroxylation is 1. The molecule has 1 aliphatic carbocycles. The fourth-order valence-corrected chi connectivity index (χ4v) is 9.57. The first-order chi connectivity index (χ1) is 23.7. The number of hydrogen-bond donors (Lipinski definition) is 0. The SMILES string of the molecule is C=C(C)C1CCC(C)=CC1c1c(OP2(=O)OCCC(c3ccncc3)O2)cc(CCCCC)cc1OP1(=O)OCCC(c2ccncc2)O1. The van der Waals surface area contributed by atoms with Crippen molar-refractivity contribution in [2.24, 2.45) is 5.92 Å². The van der Waals surface area contributed by atoms with Crippen LogP contribution in [0.2, 0.25) is 0 Å². The van der Waals surface area contributed by atoms with E-state index in [0.29, 0.717) is 36.3 Å². The minimum absolute atomic E-state index is 0.0109. The average Bonchev–Trinajstić information content (AvgIpc) is 3.09. The number of rotatable bonds is 12. The minimum Gasteiger partial charge on any atom is -0.404 e. The molecule has 6 atom stereocenters. The van der Waals surface area contributed by atoms with Crippen LogP contribution >= 0.6 is 15.6 Å². The first kappa shape index (κ1) is 35.7. The Balaban J connectivity index is 1.44. The van der Waals surface area contributed by atoms with Gasteiger partial charge in [-0.15, -0.1) is 0 Å². The molecule has 0 spiro atoms. The molecule has 6 unspecified atom stereocenters. The second-order valence-corrected chi connectivity index (χ2v) is 16.2. The number of hydrogen-bond acceptors (Lipinski definition) is 10. The maximum atomic E-state index is 14.4. The lowest BCUT2D eigenvalue weighted by molar-refractivity contribution is 0.0501. The van der Waals surface area contributed by atoms with Gasteiger partial charge in [-0.1, -0.05) is 43.6 Å². The van der Waals surface area contributed by atoms with E-state index in [0.717, 1.165) is 54.4 Å². The maximum Gasteiger partial charge on any atom is 0.530 e. The van der Waals surface area contributed by atoms with Crippen LogP contribution in [0.3, 0.4) is 0 Å². The maximum absolute atomic E-state index is 14.4. The molecule has 49 heavy (non-hydrogen) atoms. The smallest absolute Gasteiger partial charge is 0.404 e. The van der Waals surface area contributed by atoms with Crippen LogP contribution in [0, 0.1) is 5.92 Å². The van der Waals surface area contributed by atoms with Crippen molar-refractivity contribution in [3.05, 3.63) is 107 Å². The molecule has 2 aromatic heterocycles. The largest absolute Gasteiger partial charge is 0.530 e. The van der Waals surface area contributed by atoms with Gasteiger partial charge >= 0.3 is 15.6 Å². The fourth-order valence-electron chi connectivity index (χ4n) is 6.73. The van der Waals surface area contributed by atoms with Gasteiger partial charge in [0.25, 0.3) is 0 Å². The summed E-state index contributed by atoms with van der Waals surface area (Å²) in [5.74, 6) is 0.302. The number of allylic oxidation sites excluding steroid dienone is 3. The molecule has 10 nitrogen and oxygen atoms in total. The summed E-state index contributed by atoms with van der Waals surface area (Å²) >= 11 is 0. The van der Waals surface area contributed by atoms with E-state index < -0.39 is 27.9 Å². The van der Waals surface area contributed by atoms with E-state index in [-0.39, 0.29) is 25.0 Å². The molecule has 0 N–H and O–H groups in total. The molecule has 1 aromatic carbocycles. The number of phosphoric ester groups is 2. The first-order valence-corrected chi connectivity index (χ1v) is 20.1. The number of unbranched alkanes of at least 4 members (excludes halogenated alkanes) is 2. The van der Waals surface area contributed by atoms with Crippen molar-refractivity contribution in [2.75, 3.05) is 13.2 Å². The number of pyridine rings is 2. The van der Waals surface area contributed by atoms with Crippen molar-refractivity contribution in [2.45, 2.75) is 90.3 Å². The molecule has 6 rings (SSSR count). The van der Waals surface area contributed by atoms with Gasteiger partial charge in [0, 0.05) is 49.1 Å². The van der Waals surface area contributed by atoms with E-state index in [4.69, 9.17) is 27.1 Å². The van der Waals surface area contributed by atoms with E-state index in [1.165, 1.54) is 5.57 Å². The molecule has 2 saturated heterocycles. The third kappa shape index (κ3) is 8.80. The Labute approximate surface area is 289 Å². The standard InChI is InChI=1S/C37H46N2O8P2/c1-5-6-7-8-28-24-35(46-48(40)42-21-15-33(44-48)29-11-17-38-18-12-29)37(32-23-27(4)9-10-31(32)26(2)3)36(25-28)47-49(41)43-22-16-34(45-49)30-13-19-39-20-14-30/h11-14,17-20,23-25,31-34H,2,5-10,15-16,21-22H2,1,3-4H3. The predicted octanol–water partition coefficient (Wildman–Crippen LogP) is 10.6. The lowest BCUT2D eigenvalue weighted by Crippen LogP contribution is -2.21. The first-order valence-electron chi connectivity index (χ1n) is 17.2. The van der Waals surface area contributed by atoms with E-state index in [2.05, 4.69) is 36.5 Å². The van der Waals surface area contributed by atoms with Crippen LogP contribution in [-0.4, -0.2) is 23.2 Å². The fraction of sp³-hybridized carbons (Fsp3) is 0.459. The molecule has 262 valence electrons. The normalized spacial score (nSPS) is 28.8. The predicted molar refractivity (Wildman–Crippen MR) is 187 cm³/mol. The molecular formula is C37H46N2O8P2. The zero-order valence-corrected chi connectivity index (χ0v) is 30.3. The molecule has 0 amide bonds. The molecular weight excluding hydrogens is 662 g/mol. The van der Waals surface area contributed by atoms with Crippen LogP contribution in [0.4, 0.5) is 0 Å². The quantitative estimate of drug-likeness (QED) is 0.102. The van der Waals surface area contributed by atoms with E-state index in [1.54, 1.807) is 24.8 Å². The Kier molecular flexibility index (Phi) is 11.5. The molecule has 4 heterocycles. The summed E-state index contributed by atoms with van der Waals surface area (Å²) in [5.41, 5.74) is 5.29. The Morgan fingerprint density at radius 2 is 1.39 bits per heavy atom. The van der Waals surface area contributed by atoms with E-state index in [1.807, 2.05) is 43.3 Å². The Bertz CT molecular complexity index is 1640. The van der Waals surface area contributed by atoms with Gasteiger partial charge in [-0.05, 0) is 98.5 Å². The monoisotopic (exact) mass is 708 g/mol. The summed E-state index contributed by atoms with van der Waals surface area (Å²) in [6, 6.07) is 11.1. The van der Waals surface area contributed by atoms with Crippen molar-refractivity contribution < 1.29 is 36.3 Å². The van der Waals surface area contributed by atoms with Crippen LogP contribution in [0.5, 0.6) is 11.5 Å². The highest BCUT2D eigenvalue weighted by Crippen LogP contribution is 2.62. The molecule has 0 bridgehead atoms. The topological polar surface area (TPSA) is 115 Å². The van der Waals surface area contributed by atoms with Gasteiger partial charge in [-0.3, -0.25) is 28.1 Å². The molecule has 12 heteroatoms. The molecule has 0 saturated carbocycles. The lowest BCUT2D eigenvalue weighted by atomic mass is 9.73. The molecule has 3 aliphatic rings. The summed E-state index contributed by atoms with van der Waals surface area (Å²) in [6.45, 7) is 10.9. The summed E-state index contributed by atoms with van der Waals surface area (Å²) in [4.78, 5) is 8.20. The van der Waals surface area contributed by atoms with Crippen LogP contribution in [0.1, 0.15) is 106 Å². The zero-order valence-electron chi connectivity index (χ0n) is 28.5. The summed E-state index contributed by atoms with van der Waals surface area (Å²) in [6.07, 6.45) is 14.3. The molecule has 3 aromatic rings. The summed E-state index contributed by atoms with van der Waals surface area (Å²) in [5, 5.41) is 0. The molecule has 2 aliphatic heterocycles. The zero-order chi connectivity index (χ0) is 34.4. The second kappa shape index (κ2) is 15.8. The lowest BCUT2D eigenvalue weighted by Gasteiger charge is -2.35. The highest BCUT2D eigenvalue weighted by atomic mass is 31.2. The van der Waals surface area contributed by atoms with Crippen molar-refractivity contribution in [3.8, 4) is 11.5 Å². The summed E-state index contributed by atoms with van der Waals surface area (Å²) < 4.78 is 65.4. The number of nitrogens with zero attached hydrogens (tertiary/aromatic N) is 2. The minimum atomic E-state index is -4.13. The molecule has 2 fully saturated rings. The van der Waals surface area contributed by atoms with Crippen molar-refractivity contribution >= 4 is 15.6 Å². The van der Waals surface area contributed by atoms with Gasteiger partial charge in [-0.2, -0.15) is 0 Å². The Morgan fingerprint density at radius 3 is 1.88 bits per heavy atom. The van der Waals surface area contributed by atoms with Crippen LogP contribution in [-0.2, 0) is 33.6 Å². The van der Waals surface area contributed by atoms with Crippen molar-refractivity contribution in [1.29, 1.82) is 0 Å². The number of phosphoric acid groups is 2. The Hall–Kier alpha value is -3.10. The second-order valence-electron chi connectivity index (χ2n) is 13.1. The average molecular weight is 709 g/mol. The third-order valence-electron chi connectivity index (χ3n) is 9.29. The van der Waals surface area contributed by atoms with E-state index in [9.17, 15) is 9.13 Å². The van der Waals surface area contributed by atoms with Crippen LogP contribution in [0.25, 0.3) is 0 Å². The highest BCUT2D eigenvalue weighted by molar-refractivity contribution is 7.49. The van der Waals surface area contributed by atoms with Crippen molar-refractivity contribution in [3.63, 3.8) is 0 Å². The van der Waals surface area contributed by atoms with Crippen LogP contribution in [0.15, 0.2) is 85.0 Å². The highest BCUT2D eigenvalue weighted by Gasteiger charge is 2.43. The van der Waals surface area contributed by atoms with Gasteiger partial charge in [-0.25, -0.2) is 9.13 Å². The van der Waals surface area contributed by atoms with Crippen molar-refractivity contribution in [1.82, 2.24) is 9.97 Å². The Morgan fingerprint density at radius 1 is 0.857 bits per heavy atom. The number of benzene rings is 1. The third-order valence-corrected chi connectivity index (χ3v) is 12.2.